The monoisotopic (exact) mass is 306 g/mol. The number of nitrogen functional groups attached to an aromatic ring is 1. The van der Waals surface area contributed by atoms with E-state index >= 15 is 0 Å². The maximum Gasteiger partial charge on any atom is 0.242 e. The van der Waals surface area contributed by atoms with Gasteiger partial charge in [0.2, 0.25) is 10.0 Å². The van der Waals surface area contributed by atoms with Crippen molar-refractivity contribution in [1.29, 1.82) is 5.26 Å². The van der Waals surface area contributed by atoms with Crippen LogP contribution in [0, 0.1) is 11.3 Å². The van der Waals surface area contributed by atoms with Crippen molar-refractivity contribution in [2.24, 2.45) is 7.05 Å². The quantitative estimate of drug-likeness (QED) is 0.783. The smallest absolute Gasteiger partial charge is 0.242 e. The molecule has 1 unspecified atom stereocenters. The number of hydrogen-bond donors (Lipinski definition) is 2. The number of benzene rings is 1. The first kappa shape index (κ1) is 15.0. The van der Waals surface area contributed by atoms with E-state index in [1.807, 2.05) is 6.07 Å². The number of rotatable bonds is 4. The van der Waals surface area contributed by atoms with Gasteiger partial charge in [-0.25, -0.2) is 13.1 Å². The minimum absolute atomic E-state index is 0.00679. The highest BCUT2D eigenvalue weighted by atomic mass is 32.2. The topological polar surface area (TPSA) is 127 Å². The van der Waals surface area contributed by atoms with E-state index in [0.29, 0.717) is 11.5 Å². The third-order valence-electron chi connectivity index (χ3n) is 2.88. The molecule has 2 aromatic rings. The summed E-state index contributed by atoms with van der Waals surface area (Å²) in [6, 6.07) is 5.30. The van der Waals surface area contributed by atoms with Crippen LogP contribution in [0.1, 0.15) is 24.4 Å². The zero-order valence-corrected chi connectivity index (χ0v) is 12.3. The van der Waals surface area contributed by atoms with Crippen LogP contribution in [-0.2, 0) is 17.1 Å². The second kappa shape index (κ2) is 5.51. The Bertz CT molecular complexity index is 805. The number of nitrogens with one attached hydrogen (secondary N) is 1. The first-order chi connectivity index (χ1) is 9.85. The van der Waals surface area contributed by atoms with E-state index in [0.717, 1.165) is 0 Å². The maximum atomic E-state index is 12.4. The van der Waals surface area contributed by atoms with E-state index in [4.69, 9.17) is 11.0 Å². The second-order valence-corrected chi connectivity index (χ2v) is 6.19. The van der Waals surface area contributed by atoms with Crippen LogP contribution in [0.5, 0.6) is 0 Å². The van der Waals surface area contributed by atoms with E-state index in [1.165, 1.54) is 24.5 Å². The number of sulfonamides is 1. The number of hydrogen-bond acceptors (Lipinski definition) is 6. The van der Waals surface area contributed by atoms with Gasteiger partial charge < -0.3 is 10.3 Å². The van der Waals surface area contributed by atoms with Gasteiger partial charge in [-0.1, -0.05) is 0 Å². The first-order valence-electron chi connectivity index (χ1n) is 6.01. The van der Waals surface area contributed by atoms with Crippen molar-refractivity contribution in [2.45, 2.75) is 17.9 Å². The fourth-order valence-corrected chi connectivity index (χ4v) is 3.24. The average molecular weight is 306 g/mol. The van der Waals surface area contributed by atoms with Crippen molar-refractivity contribution in [3.8, 4) is 6.07 Å². The first-order valence-corrected chi connectivity index (χ1v) is 7.49. The summed E-state index contributed by atoms with van der Waals surface area (Å²) in [7, 11) is -2.16. The molecule has 1 atom stereocenters. The van der Waals surface area contributed by atoms with Crippen molar-refractivity contribution in [3.63, 3.8) is 0 Å². The van der Waals surface area contributed by atoms with Gasteiger partial charge in [0, 0.05) is 12.7 Å². The number of aryl methyl sites for hydroxylation is 1. The molecule has 1 heterocycles. The van der Waals surface area contributed by atoms with Crippen LogP contribution in [0.15, 0.2) is 29.4 Å². The van der Waals surface area contributed by atoms with Crippen molar-refractivity contribution in [1.82, 2.24) is 19.5 Å². The van der Waals surface area contributed by atoms with Crippen LogP contribution in [0.4, 0.5) is 5.69 Å². The summed E-state index contributed by atoms with van der Waals surface area (Å²) >= 11 is 0. The van der Waals surface area contributed by atoms with Crippen LogP contribution >= 0.6 is 0 Å². The lowest BCUT2D eigenvalue weighted by Gasteiger charge is -2.14. The normalized spacial score (nSPS) is 12.8. The van der Waals surface area contributed by atoms with E-state index in [9.17, 15) is 8.42 Å². The predicted octanol–water partition coefficient (Wildman–Crippen LogP) is 0.308. The molecule has 0 amide bonds. The van der Waals surface area contributed by atoms with Gasteiger partial charge in [-0.3, -0.25) is 0 Å². The third kappa shape index (κ3) is 3.01. The van der Waals surface area contributed by atoms with Gasteiger partial charge in [0.25, 0.3) is 0 Å². The van der Waals surface area contributed by atoms with Gasteiger partial charge in [0.15, 0.2) is 0 Å². The highest BCUT2D eigenvalue weighted by molar-refractivity contribution is 7.89. The second-order valence-electron chi connectivity index (χ2n) is 4.51. The molecule has 0 radical (unpaired) electrons. The molecule has 0 saturated carbocycles. The predicted molar refractivity (Wildman–Crippen MR) is 75.3 cm³/mol. The van der Waals surface area contributed by atoms with Crippen LogP contribution in [0.25, 0.3) is 0 Å². The number of nitriles is 1. The van der Waals surface area contributed by atoms with Crippen LogP contribution < -0.4 is 10.5 Å². The summed E-state index contributed by atoms with van der Waals surface area (Å²) in [6.07, 6.45) is 1.48. The van der Waals surface area contributed by atoms with Gasteiger partial charge in [-0.15, -0.1) is 10.2 Å². The highest BCUT2D eigenvalue weighted by Crippen LogP contribution is 2.20. The molecule has 0 aliphatic carbocycles. The molecule has 0 aliphatic rings. The molecular weight excluding hydrogens is 292 g/mol. The Morgan fingerprint density at radius 3 is 2.76 bits per heavy atom. The highest BCUT2D eigenvalue weighted by Gasteiger charge is 2.23. The number of aromatic nitrogens is 3. The standard InChI is InChI=1S/C12H14N6O2S/c1-8(12-16-15-7-18(12)2)17-21(19,20)11-4-3-10(14)5-9(11)6-13/h3-5,7-8,17H,14H2,1-2H3. The Morgan fingerprint density at radius 1 is 1.48 bits per heavy atom. The lowest BCUT2D eigenvalue weighted by atomic mass is 10.2. The Kier molecular flexibility index (Phi) is 3.93. The summed E-state index contributed by atoms with van der Waals surface area (Å²) in [5.74, 6) is 0.465. The van der Waals surface area contributed by atoms with Crippen molar-refractivity contribution in [2.75, 3.05) is 5.73 Å². The summed E-state index contributed by atoms with van der Waals surface area (Å²) in [4.78, 5) is -0.117. The molecule has 21 heavy (non-hydrogen) atoms. The fourth-order valence-electron chi connectivity index (χ4n) is 1.90. The summed E-state index contributed by atoms with van der Waals surface area (Å²) < 4.78 is 28.8. The Labute approximate surface area is 122 Å². The Balaban J connectivity index is 2.36. The molecule has 2 rings (SSSR count). The molecule has 1 aromatic carbocycles. The molecule has 110 valence electrons. The molecule has 0 saturated heterocycles. The molecule has 9 heteroatoms. The minimum atomic E-state index is -3.87. The molecule has 0 spiro atoms. The third-order valence-corrected chi connectivity index (χ3v) is 4.48. The van der Waals surface area contributed by atoms with E-state index in [2.05, 4.69) is 14.9 Å². The summed E-state index contributed by atoms with van der Waals surface area (Å²) in [5, 5.41) is 16.6. The van der Waals surface area contributed by atoms with Gasteiger partial charge in [-0.2, -0.15) is 5.26 Å². The van der Waals surface area contributed by atoms with Gasteiger partial charge in [-0.05, 0) is 25.1 Å². The molecule has 1 aromatic heterocycles. The maximum absolute atomic E-state index is 12.4. The zero-order chi connectivity index (χ0) is 15.6. The number of nitrogens with two attached hydrogens (primary N) is 1. The molecule has 8 nitrogen and oxygen atoms in total. The largest absolute Gasteiger partial charge is 0.399 e. The Morgan fingerprint density at radius 2 is 2.19 bits per heavy atom. The average Bonchev–Trinajstić information content (AvgIpc) is 2.84. The van der Waals surface area contributed by atoms with Gasteiger partial charge >= 0.3 is 0 Å². The van der Waals surface area contributed by atoms with E-state index < -0.39 is 16.1 Å². The SMILES string of the molecule is CC(NS(=O)(=O)c1ccc(N)cc1C#N)c1nncn1C. The van der Waals surface area contributed by atoms with Crippen LogP contribution in [-0.4, -0.2) is 23.2 Å². The molecule has 0 aliphatic heterocycles. The summed E-state index contributed by atoms with van der Waals surface area (Å²) in [5.41, 5.74) is 5.88. The molecule has 0 fully saturated rings. The fraction of sp³-hybridized carbons (Fsp3) is 0.250. The lowest BCUT2D eigenvalue weighted by Crippen LogP contribution is -2.29. The van der Waals surface area contributed by atoms with Crippen LogP contribution in [0.2, 0.25) is 0 Å². The van der Waals surface area contributed by atoms with Crippen molar-refractivity contribution in [3.05, 3.63) is 35.9 Å². The number of anilines is 1. The zero-order valence-electron chi connectivity index (χ0n) is 11.5. The lowest BCUT2D eigenvalue weighted by molar-refractivity contribution is 0.553. The Hall–Kier alpha value is -2.44. The number of nitrogens with zero attached hydrogens (tertiary/aromatic N) is 4. The molecular formula is C12H14N6O2S. The molecule has 0 bridgehead atoms. The van der Waals surface area contributed by atoms with E-state index in [-0.39, 0.29) is 10.5 Å². The van der Waals surface area contributed by atoms with Crippen molar-refractivity contribution < 1.29 is 8.42 Å². The van der Waals surface area contributed by atoms with Crippen molar-refractivity contribution >= 4 is 15.7 Å². The van der Waals surface area contributed by atoms with Gasteiger partial charge in [0.1, 0.15) is 18.2 Å². The van der Waals surface area contributed by atoms with Crippen LogP contribution in [0.3, 0.4) is 0 Å². The minimum Gasteiger partial charge on any atom is -0.399 e. The van der Waals surface area contributed by atoms with E-state index in [1.54, 1.807) is 18.5 Å². The molecule has 3 N–H and O–H groups in total. The summed E-state index contributed by atoms with van der Waals surface area (Å²) in [6.45, 7) is 1.64. The van der Waals surface area contributed by atoms with Gasteiger partial charge in [0.05, 0.1) is 16.5 Å².